The second-order valence-electron chi connectivity index (χ2n) is 9.68. The Morgan fingerprint density at radius 2 is 1.92 bits per heavy atom. The number of alkyl halides is 3. The number of aromatic nitrogens is 4. The summed E-state index contributed by atoms with van der Waals surface area (Å²) in [4.78, 5) is 27.4. The Morgan fingerprint density at radius 3 is 2.50 bits per heavy atom. The van der Waals surface area contributed by atoms with Gasteiger partial charge in [0.1, 0.15) is 0 Å². The number of hydrogen-bond donors (Lipinski definition) is 0. The molecule has 4 rings (SSSR count). The molecule has 2 aromatic rings. The standard InChI is InChI=1S/C26H33F3N8O/c1-18(30-3)24(31-23-5-4-6-23)17-35-11-13-36(14-12-35)25(38)10-8-20-7-9-22(26(27,28)29)15-21(20)16-37-33-19(2)32-34-37/h7-10,15,23H,4-6,11-14,16-17H2,1-3H3/b10-8+,30-18?,31-24?. The van der Waals surface area contributed by atoms with Crippen molar-refractivity contribution in [3.05, 3.63) is 46.8 Å². The summed E-state index contributed by atoms with van der Waals surface area (Å²) in [5.41, 5.74) is 2.03. The van der Waals surface area contributed by atoms with Crippen LogP contribution in [0.4, 0.5) is 13.2 Å². The van der Waals surface area contributed by atoms with Crippen LogP contribution in [0.1, 0.15) is 48.7 Å². The Hall–Kier alpha value is -3.41. The quantitative estimate of drug-likeness (QED) is 0.386. The van der Waals surface area contributed by atoms with Gasteiger partial charge in [-0.1, -0.05) is 6.07 Å². The first-order chi connectivity index (χ1) is 18.1. The maximum Gasteiger partial charge on any atom is 0.416 e. The zero-order valence-electron chi connectivity index (χ0n) is 21.9. The highest BCUT2D eigenvalue weighted by atomic mass is 19.4. The van der Waals surface area contributed by atoms with Gasteiger partial charge < -0.3 is 4.90 Å². The summed E-state index contributed by atoms with van der Waals surface area (Å²) in [6.07, 6.45) is 1.97. The van der Waals surface area contributed by atoms with E-state index in [0.717, 1.165) is 36.4 Å². The van der Waals surface area contributed by atoms with Crippen molar-refractivity contribution in [2.45, 2.75) is 51.9 Å². The summed E-state index contributed by atoms with van der Waals surface area (Å²) in [6, 6.07) is 3.83. The minimum absolute atomic E-state index is 0.00250. The van der Waals surface area contributed by atoms with Crippen molar-refractivity contribution in [1.29, 1.82) is 0 Å². The van der Waals surface area contributed by atoms with Crippen LogP contribution in [-0.4, -0.2) is 93.2 Å². The van der Waals surface area contributed by atoms with Gasteiger partial charge in [-0.05, 0) is 67.7 Å². The third-order valence-corrected chi connectivity index (χ3v) is 6.96. The fraction of sp³-hybridized carbons (Fsp3) is 0.538. The molecule has 2 heterocycles. The molecule has 1 saturated carbocycles. The van der Waals surface area contributed by atoms with Crippen LogP contribution in [-0.2, 0) is 17.5 Å². The molecule has 0 atom stereocenters. The summed E-state index contributed by atoms with van der Waals surface area (Å²) < 4.78 is 39.9. The van der Waals surface area contributed by atoms with Gasteiger partial charge in [0.2, 0.25) is 5.91 Å². The van der Waals surface area contributed by atoms with Crippen molar-refractivity contribution in [3.8, 4) is 0 Å². The average molecular weight is 531 g/mol. The molecule has 1 amide bonds. The SMILES string of the molecule is CN=C(C)C(CN1CCN(C(=O)/C=C/c2ccc(C(F)(F)F)cc2Cn2nnc(C)n2)CC1)=NC1CCC1. The number of carbonyl (C=O) groups is 1. The van der Waals surface area contributed by atoms with Crippen molar-refractivity contribution < 1.29 is 18.0 Å². The lowest BCUT2D eigenvalue weighted by atomic mass is 9.93. The van der Waals surface area contributed by atoms with Gasteiger partial charge in [0, 0.05) is 45.8 Å². The minimum atomic E-state index is -4.48. The maximum atomic E-state index is 13.3. The highest BCUT2D eigenvalue weighted by Crippen LogP contribution is 2.31. The summed E-state index contributed by atoms with van der Waals surface area (Å²) in [6.45, 7) is 6.89. The second kappa shape index (κ2) is 12.0. The van der Waals surface area contributed by atoms with Crippen molar-refractivity contribution in [1.82, 2.24) is 30.0 Å². The second-order valence-corrected chi connectivity index (χ2v) is 9.68. The maximum absolute atomic E-state index is 13.3. The minimum Gasteiger partial charge on any atom is -0.337 e. The first-order valence-electron chi connectivity index (χ1n) is 12.8. The Balaban J connectivity index is 1.39. The van der Waals surface area contributed by atoms with E-state index in [9.17, 15) is 18.0 Å². The predicted molar refractivity (Wildman–Crippen MR) is 139 cm³/mol. The lowest BCUT2D eigenvalue weighted by Crippen LogP contribution is -2.50. The molecule has 1 aliphatic carbocycles. The Kier molecular flexibility index (Phi) is 8.70. The molecule has 0 bridgehead atoms. The van der Waals surface area contributed by atoms with Crippen LogP contribution >= 0.6 is 0 Å². The Morgan fingerprint density at radius 1 is 1.18 bits per heavy atom. The van der Waals surface area contributed by atoms with Crippen LogP contribution in [0.3, 0.4) is 0 Å². The molecule has 0 N–H and O–H groups in total. The van der Waals surface area contributed by atoms with Crippen molar-refractivity contribution in [2.75, 3.05) is 39.8 Å². The lowest BCUT2D eigenvalue weighted by molar-refractivity contribution is -0.137. The van der Waals surface area contributed by atoms with Gasteiger partial charge in [-0.3, -0.25) is 19.7 Å². The van der Waals surface area contributed by atoms with E-state index >= 15 is 0 Å². The largest absolute Gasteiger partial charge is 0.416 e. The van der Waals surface area contributed by atoms with Crippen molar-refractivity contribution >= 4 is 23.4 Å². The predicted octanol–water partition coefficient (Wildman–Crippen LogP) is 3.29. The smallest absolute Gasteiger partial charge is 0.337 e. The van der Waals surface area contributed by atoms with Crippen LogP contribution < -0.4 is 0 Å². The molecule has 2 fully saturated rings. The zero-order chi connectivity index (χ0) is 27.3. The molecule has 0 unspecified atom stereocenters. The van der Waals surface area contributed by atoms with Crippen LogP contribution in [0.15, 0.2) is 34.3 Å². The normalized spacial score (nSPS) is 18.3. The number of piperazine rings is 1. The topological polar surface area (TPSA) is 91.9 Å². The van der Waals surface area contributed by atoms with Crippen LogP contribution in [0, 0.1) is 6.92 Å². The summed E-state index contributed by atoms with van der Waals surface area (Å²) in [7, 11) is 1.78. The number of benzene rings is 1. The highest BCUT2D eigenvalue weighted by molar-refractivity contribution is 6.42. The number of amides is 1. The lowest BCUT2D eigenvalue weighted by Gasteiger charge is -2.34. The number of rotatable bonds is 8. The molecule has 2 aliphatic rings. The van der Waals surface area contributed by atoms with E-state index in [4.69, 9.17) is 4.99 Å². The van der Waals surface area contributed by atoms with E-state index in [1.54, 1.807) is 24.9 Å². The van der Waals surface area contributed by atoms with E-state index in [-0.39, 0.29) is 12.5 Å². The fourth-order valence-corrected chi connectivity index (χ4v) is 4.34. The molecule has 1 aromatic heterocycles. The fourth-order valence-electron chi connectivity index (χ4n) is 4.34. The van der Waals surface area contributed by atoms with Gasteiger partial charge in [-0.15, -0.1) is 10.2 Å². The molecule has 1 aliphatic heterocycles. The molecule has 1 aromatic carbocycles. The number of aryl methyl sites for hydroxylation is 1. The number of tetrazole rings is 1. The van der Waals surface area contributed by atoms with Crippen LogP contribution in [0.5, 0.6) is 0 Å². The number of aliphatic imine (C=N–C) groups is 2. The third kappa shape index (κ3) is 7.12. The molecule has 0 radical (unpaired) electrons. The van der Waals surface area contributed by atoms with Gasteiger partial charge in [-0.2, -0.15) is 18.0 Å². The first-order valence-corrected chi connectivity index (χ1v) is 12.8. The van der Waals surface area contributed by atoms with Gasteiger partial charge in [0.25, 0.3) is 0 Å². The van der Waals surface area contributed by atoms with Gasteiger partial charge in [0.15, 0.2) is 5.82 Å². The molecule has 1 saturated heterocycles. The van der Waals surface area contributed by atoms with E-state index in [1.165, 1.54) is 23.4 Å². The molecule has 0 spiro atoms. The number of hydrogen-bond acceptors (Lipinski definition) is 7. The molecular weight excluding hydrogens is 497 g/mol. The van der Waals surface area contributed by atoms with Gasteiger partial charge >= 0.3 is 6.18 Å². The Bertz CT molecular complexity index is 1220. The van der Waals surface area contributed by atoms with Crippen LogP contribution in [0.2, 0.25) is 0 Å². The van der Waals surface area contributed by atoms with E-state index < -0.39 is 11.7 Å². The molecule has 9 nitrogen and oxygen atoms in total. The van der Waals surface area contributed by atoms with E-state index in [1.807, 2.05) is 6.92 Å². The van der Waals surface area contributed by atoms with Gasteiger partial charge in [-0.25, -0.2) is 0 Å². The highest BCUT2D eigenvalue weighted by Gasteiger charge is 2.31. The summed E-state index contributed by atoms with van der Waals surface area (Å²) in [5, 5.41) is 11.7. The van der Waals surface area contributed by atoms with Gasteiger partial charge in [0.05, 0.1) is 29.6 Å². The number of halogens is 3. The van der Waals surface area contributed by atoms with Crippen LogP contribution in [0.25, 0.3) is 6.08 Å². The molecule has 12 heteroatoms. The zero-order valence-corrected chi connectivity index (χ0v) is 21.9. The summed E-state index contributed by atoms with van der Waals surface area (Å²) >= 11 is 0. The average Bonchev–Trinajstić information content (AvgIpc) is 3.28. The molecule has 204 valence electrons. The van der Waals surface area contributed by atoms with Crippen molar-refractivity contribution in [3.63, 3.8) is 0 Å². The number of nitrogens with zero attached hydrogens (tertiary/aromatic N) is 8. The molecular formula is C26H33F3N8O. The molecule has 38 heavy (non-hydrogen) atoms. The first kappa shape index (κ1) is 27.6. The van der Waals surface area contributed by atoms with E-state index in [0.29, 0.717) is 55.7 Å². The third-order valence-electron chi connectivity index (χ3n) is 6.96. The summed E-state index contributed by atoms with van der Waals surface area (Å²) in [5.74, 6) is 0.238. The Labute approximate surface area is 220 Å². The number of carbonyl (C=O) groups excluding carboxylic acids is 1. The van der Waals surface area contributed by atoms with E-state index in [2.05, 4.69) is 25.3 Å². The monoisotopic (exact) mass is 530 g/mol. The van der Waals surface area contributed by atoms with Crippen molar-refractivity contribution in [2.24, 2.45) is 9.98 Å².